The molecule has 0 amide bonds. The van der Waals surface area contributed by atoms with E-state index < -0.39 is 47.7 Å². The summed E-state index contributed by atoms with van der Waals surface area (Å²) in [6, 6.07) is 2.41. The predicted molar refractivity (Wildman–Crippen MR) is 99.5 cm³/mol. The van der Waals surface area contributed by atoms with E-state index >= 15 is 0 Å². The molecular weight excluding hydrogens is 412 g/mol. The van der Waals surface area contributed by atoms with Crippen molar-refractivity contribution in [1.29, 1.82) is 0 Å². The van der Waals surface area contributed by atoms with E-state index in [1.807, 2.05) is 0 Å². The van der Waals surface area contributed by atoms with Crippen LogP contribution in [0, 0.1) is 0 Å². The number of thioether (sulfide) groups is 1. The van der Waals surface area contributed by atoms with E-state index in [1.54, 1.807) is 12.1 Å². The standard InChI is InChI=1S/C17H21ClN2O7S/c1-8(21)24-7-12-15(25-9(2)22)14(19)16(26-10(3)23)17(27-12)28-11-4-5-20-13(18)6-11/h4-6,12,14-17H,7,19H2,1-3H3. The highest BCUT2D eigenvalue weighted by molar-refractivity contribution is 7.99. The van der Waals surface area contributed by atoms with Crippen LogP contribution < -0.4 is 5.73 Å². The van der Waals surface area contributed by atoms with Gasteiger partial charge >= 0.3 is 17.9 Å². The van der Waals surface area contributed by atoms with Crippen LogP contribution in [0.5, 0.6) is 0 Å². The fourth-order valence-electron chi connectivity index (χ4n) is 2.64. The Morgan fingerprint density at radius 2 is 1.82 bits per heavy atom. The van der Waals surface area contributed by atoms with Crippen molar-refractivity contribution in [3.63, 3.8) is 0 Å². The number of pyridine rings is 1. The Labute approximate surface area is 171 Å². The lowest BCUT2D eigenvalue weighted by Crippen LogP contribution is -2.63. The second kappa shape index (κ2) is 10.1. The highest BCUT2D eigenvalue weighted by Crippen LogP contribution is 2.36. The van der Waals surface area contributed by atoms with Gasteiger partial charge < -0.3 is 24.7 Å². The number of hydrogen-bond donors (Lipinski definition) is 1. The summed E-state index contributed by atoms with van der Waals surface area (Å²) in [6.45, 7) is 3.53. The number of rotatable bonds is 6. The average molecular weight is 433 g/mol. The number of carbonyl (C=O) groups is 3. The smallest absolute Gasteiger partial charge is 0.303 e. The molecule has 1 aliphatic rings. The molecule has 0 aliphatic carbocycles. The number of esters is 3. The van der Waals surface area contributed by atoms with E-state index in [0.29, 0.717) is 4.90 Å². The molecule has 5 unspecified atom stereocenters. The first kappa shape index (κ1) is 22.4. The third-order valence-corrected chi connectivity index (χ3v) is 5.05. The first-order chi connectivity index (χ1) is 13.2. The van der Waals surface area contributed by atoms with Crippen LogP contribution >= 0.6 is 23.4 Å². The molecule has 0 spiro atoms. The fourth-order valence-corrected chi connectivity index (χ4v) is 4.03. The van der Waals surface area contributed by atoms with Crippen molar-refractivity contribution in [2.24, 2.45) is 5.73 Å². The van der Waals surface area contributed by atoms with Gasteiger partial charge in [-0.3, -0.25) is 14.4 Å². The highest BCUT2D eigenvalue weighted by Gasteiger charge is 2.48. The molecule has 1 aromatic heterocycles. The van der Waals surface area contributed by atoms with E-state index in [0.717, 1.165) is 0 Å². The van der Waals surface area contributed by atoms with Crippen LogP contribution in [0.3, 0.4) is 0 Å². The minimum atomic E-state index is -0.973. The molecule has 2 N–H and O–H groups in total. The van der Waals surface area contributed by atoms with Gasteiger partial charge in [0, 0.05) is 31.9 Å². The predicted octanol–water partition coefficient (Wildman–Crippen LogP) is 1.31. The maximum absolute atomic E-state index is 11.6. The summed E-state index contributed by atoms with van der Waals surface area (Å²) in [5, 5.41) is 0.281. The largest absolute Gasteiger partial charge is 0.463 e. The third kappa shape index (κ3) is 6.33. The van der Waals surface area contributed by atoms with E-state index in [4.69, 9.17) is 36.3 Å². The Kier molecular flexibility index (Phi) is 8.05. The van der Waals surface area contributed by atoms with Gasteiger partial charge in [0.15, 0.2) is 6.10 Å². The molecule has 0 radical (unpaired) electrons. The van der Waals surface area contributed by atoms with Crippen LogP contribution in [-0.4, -0.2) is 59.3 Å². The van der Waals surface area contributed by atoms with Gasteiger partial charge in [-0.25, -0.2) is 4.98 Å². The highest BCUT2D eigenvalue weighted by atomic mass is 35.5. The summed E-state index contributed by atoms with van der Waals surface area (Å²) in [5.74, 6) is -1.68. The van der Waals surface area contributed by atoms with Crippen molar-refractivity contribution in [2.75, 3.05) is 6.61 Å². The molecular formula is C17H21ClN2O7S. The van der Waals surface area contributed by atoms with Crippen molar-refractivity contribution in [3.8, 4) is 0 Å². The summed E-state index contributed by atoms with van der Waals surface area (Å²) in [5.41, 5.74) is 5.50. The number of aromatic nitrogens is 1. The maximum Gasteiger partial charge on any atom is 0.303 e. The van der Waals surface area contributed by atoms with Crippen LogP contribution in [0.2, 0.25) is 5.15 Å². The van der Waals surface area contributed by atoms with Crippen molar-refractivity contribution in [1.82, 2.24) is 4.98 Å². The SMILES string of the molecule is CC(=O)OCC1OC(Sc2ccnc(Cl)c2)C(OC(C)=O)C(N)C1OC(C)=O. The normalized spacial score (nSPS) is 27.0. The van der Waals surface area contributed by atoms with Gasteiger partial charge in [-0.05, 0) is 12.1 Å². The summed E-state index contributed by atoms with van der Waals surface area (Å²) in [7, 11) is 0. The Hall–Kier alpha value is -1.88. The second-order valence-corrected chi connectivity index (χ2v) is 7.56. The molecule has 1 aromatic rings. The molecule has 154 valence electrons. The summed E-state index contributed by atoms with van der Waals surface area (Å²) in [4.78, 5) is 38.9. The zero-order valence-electron chi connectivity index (χ0n) is 15.5. The monoisotopic (exact) mass is 432 g/mol. The minimum absolute atomic E-state index is 0.179. The first-order valence-corrected chi connectivity index (χ1v) is 9.60. The van der Waals surface area contributed by atoms with Crippen LogP contribution in [0.1, 0.15) is 20.8 Å². The molecule has 1 fully saturated rings. The average Bonchev–Trinajstić information content (AvgIpc) is 2.58. The number of hydrogen-bond acceptors (Lipinski definition) is 10. The van der Waals surface area contributed by atoms with Crippen molar-refractivity contribution in [2.45, 2.75) is 55.5 Å². The zero-order valence-corrected chi connectivity index (χ0v) is 17.1. The van der Waals surface area contributed by atoms with Crippen molar-refractivity contribution < 1.29 is 33.3 Å². The fraction of sp³-hybridized carbons (Fsp3) is 0.529. The number of nitrogens with two attached hydrogens (primary N) is 1. The second-order valence-electron chi connectivity index (χ2n) is 6.00. The van der Waals surface area contributed by atoms with Gasteiger partial charge in [-0.15, -0.1) is 0 Å². The lowest BCUT2D eigenvalue weighted by Gasteiger charge is -2.43. The van der Waals surface area contributed by atoms with Crippen molar-refractivity contribution >= 4 is 41.3 Å². The lowest BCUT2D eigenvalue weighted by molar-refractivity contribution is -0.201. The summed E-state index contributed by atoms with van der Waals surface area (Å²) in [6.07, 6.45) is -1.22. The van der Waals surface area contributed by atoms with Crippen LogP contribution in [0.15, 0.2) is 23.2 Å². The molecule has 1 aliphatic heterocycles. The molecule has 2 rings (SSSR count). The Bertz CT molecular complexity index is 733. The van der Waals surface area contributed by atoms with Gasteiger partial charge in [0.2, 0.25) is 0 Å². The number of carbonyl (C=O) groups excluding carboxylic acids is 3. The molecule has 0 saturated carbocycles. The van der Waals surface area contributed by atoms with Crippen LogP contribution in [-0.2, 0) is 33.3 Å². The maximum atomic E-state index is 11.6. The van der Waals surface area contributed by atoms with E-state index in [2.05, 4.69) is 4.98 Å². The molecule has 9 nitrogen and oxygen atoms in total. The number of ether oxygens (including phenoxy) is 4. The van der Waals surface area contributed by atoms with Gasteiger partial charge in [0.05, 0.1) is 6.04 Å². The molecule has 0 bridgehead atoms. The third-order valence-electron chi connectivity index (χ3n) is 3.71. The van der Waals surface area contributed by atoms with Crippen LogP contribution in [0.25, 0.3) is 0 Å². The van der Waals surface area contributed by atoms with Crippen molar-refractivity contribution in [3.05, 3.63) is 23.5 Å². The lowest BCUT2D eigenvalue weighted by atomic mass is 9.97. The Morgan fingerprint density at radius 1 is 1.18 bits per heavy atom. The number of nitrogens with zero attached hydrogens (tertiary/aromatic N) is 1. The minimum Gasteiger partial charge on any atom is -0.463 e. The van der Waals surface area contributed by atoms with Gasteiger partial charge in [0.1, 0.15) is 29.4 Å². The Balaban J connectivity index is 2.29. The van der Waals surface area contributed by atoms with E-state index in [1.165, 1.54) is 38.7 Å². The van der Waals surface area contributed by atoms with E-state index in [9.17, 15) is 14.4 Å². The molecule has 11 heteroatoms. The quantitative estimate of drug-likeness (QED) is 0.399. The molecule has 2 heterocycles. The molecule has 28 heavy (non-hydrogen) atoms. The topological polar surface area (TPSA) is 127 Å². The van der Waals surface area contributed by atoms with Gasteiger partial charge in [-0.2, -0.15) is 0 Å². The molecule has 0 aromatic carbocycles. The first-order valence-electron chi connectivity index (χ1n) is 8.34. The Morgan fingerprint density at radius 3 is 2.39 bits per heavy atom. The molecule has 1 saturated heterocycles. The zero-order chi connectivity index (χ0) is 20.8. The van der Waals surface area contributed by atoms with Gasteiger partial charge in [0.25, 0.3) is 0 Å². The molecule has 5 atom stereocenters. The summed E-state index contributed by atoms with van der Waals surface area (Å²) >= 11 is 7.12. The van der Waals surface area contributed by atoms with E-state index in [-0.39, 0.29) is 11.8 Å². The van der Waals surface area contributed by atoms with Crippen LogP contribution in [0.4, 0.5) is 0 Å². The number of halogens is 1. The summed E-state index contributed by atoms with van der Waals surface area (Å²) < 4.78 is 21.6. The van der Waals surface area contributed by atoms with Gasteiger partial charge in [-0.1, -0.05) is 23.4 Å².